The van der Waals surface area contributed by atoms with Crippen LogP contribution in [0.3, 0.4) is 0 Å². The maximum Gasteiger partial charge on any atom is 0.276 e. The largest absolute Gasteiger partial charge is 0.336 e. The first-order valence-electron chi connectivity index (χ1n) is 6.10. The summed E-state index contributed by atoms with van der Waals surface area (Å²) in [5, 5.41) is 9.82. The van der Waals surface area contributed by atoms with E-state index in [0.29, 0.717) is 18.8 Å². The van der Waals surface area contributed by atoms with Gasteiger partial charge in [-0.2, -0.15) is 15.4 Å². The van der Waals surface area contributed by atoms with Gasteiger partial charge >= 0.3 is 0 Å². The molecule has 0 fully saturated rings. The van der Waals surface area contributed by atoms with Crippen molar-refractivity contribution in [3.05, 3.63) is 47.3 Å². The minimum atomic E-state index is -0.175. The van der Waals surface area contributed by atoms with Gasteiger partial charge in [-0.3, -0.25) is 4.79 Å². The van der Waals surface area contributed by atoms with E-state index >= 15 is 0 Å². The highest BCUT2D eigenvalue weighted by Gasteiger charge is 2.14. The summed E-state index contributed by atoms with van der Waals surface area (Å²) in [5.41, 5.74) is 7.55. The number of nitrogens with zero attached hydrogens (tertiary/aromatic N) is 3. The van der Waals surface area contributed by atoms with Gasteiger partial charge in [0.1, 0.15) is 0 Å². The van der Waals surface area contributed by atoms with Crippen LogP contribution in [0.15, 0.2) is 30.5 Å². The van der Waals surface area contributed by atoms with Crippen LogP contribution >= 0.6 is 0 Å². The number of carbonyl (C=O) groups excluding carboxylic acids is 1. The number of rotatable bonds is 3. The lowest BCUT2D eigenvalue weighted by Crippen LogP contribution is -2.26. The van der Waals surface area contributed by atoms with Crippen LogP contribution in [0.2, 0.25) is 0 Å². The maximum atomic E-state index is 12.0. The molecule has 0 aliphatic rings. The van der Waals surface area contributed by atoms with Crippen molar-refractivity contribution in [1.29, 1.82) is 0 Å². The first-order chi connectivity index (χ1) is 9.70. The Hall–Kier alpha value is -2.65. The lowest BCUT2D eigenvalue weighted by molar-refractivity contribution is 0.0779. The molecule has 0 spiro atoms. The van der Waals surface area contributed by atoms with E-state index in [4.69, 9.17) is 5.73 Å². The molecule has 0 saturated carbocycles. The van der Waals surface area contributed by atoms with Crippen LogP contribution in [0, 0.1) is 11.8 Å². The van der Waals surface area contributed by atoms with E-state index in [9.17, 15) is 4.79 Å². The number of hydrogen-bond donors (Lipinski definition) is 2. The summed E-state index contributed by atoms with van der Waals surface area (Å²) in [4.78, 5) is 13.6. The average Bonchev–Trinajstić information content (AvgIpc) is 3.00. The zero-order valence-electron chi connectivity index (χ0n) is 11.1. The van der Waals surface area contributed by atoms with Crippen molar-refractivity contribution in [3.63, 3.8) is 0 Å². The van der Waals surface area contributed by atoms with E-state index in [0.717, 1.165) is 11.1 Å². The molecule has 1 aromatic carbocycles. The van der Waals surface area contributed by atoms with E-state index in [1.165, 1.54) is 6.20 Å². The zero-order chi connectivity index (χ0) is 14.4. The fraction of sp³-hybridized carbons (Fsp3) is 0.214. The van der Waals surface area contributed by atoms with Crippen molar-refractivity contribution in [2.45, 2.75) is 6.54 Å². The van der Waals surface area contributed by atoms with Crippen LogP contribution in [-0.2, 0) is 6.54 Å². The van der Waals surface area contributed by atoms with Gasteiger partial charge in [0.15, 0.2) is 5.69 Å². The van der Waals surface area contributed by atoms with Gasteiger partial charge in [0.25, 0.3) is 5.91 Å². The van der Waals surface area contributed by atoms with E-state index in [-0.39, 0.29) is 5.91 Å². The van der Waals surface area contributed by atoms with Crippen LogP contribution in [0.25, 0.3) is 0 Å². The molecule has 3 N–H and O–H groups in total. The van der Waals surface area contributed by atoms with Gasteiger partial charge < -0.3 is 10.6 Å². The molecule has 20 heavy (non-hydrogen) atoms. The number of nitrogens with one attached hydrogen (secondary N) is 1. The Morgan fingerprint density at radius 3 is 2.75 bits per heavy atom. The van der Waals surface area contributed by atoms with Gasteiger partial charge in [0, 0.05) is 19.2 Å². The molecule has 1 amide bonds. The molecule has 2 rings (SSSR count). The molecular formula is C14H15N5O. The summed E-state index contributed by atoms with van der Waals surface area (Å²) in [6.45, 7) is 0.840. The molecule has 6 nitrogen and oxygen atoms in total. The third-order valence-electron chi connectivity index (χ3n) is 2.69. The van der Waals surface area contributed by atoms with Crippen molar-refractivity contribution < 1.29 is 4.79 Å². The molecule has 0 radical (unpaired) electrons. The van der Waals surface area contributed by atoms with Crippen LogP contribution in [0.1, 0.15) is 21.6 Å². The van der Waals surface area contributed by atoms with Crippen molar-refractivity contribution in [3.8, 4) is 11.8 Å². The monoisotopic (exact) mass is 269 g/mol. The van der Waals surface area contributed by atoms with Gasteiger partial charge in [-0.25, -0.2) is 0 Å². The second kappa shape index (κ2) is 6.50. The normalized spacial score (nSPS) is 9.70. The third kappa shape index (κ3) is 3.43. The van der Waals surface area contributed by atoms with Gasteiger partial charge in [0.2, 0.25) is 0 Å². The van der Waals surface area contributed by atoms with Crippen LogP contribution in [0.5, 0.6) is 0 Å². The molecular weight excluding hydrogens is 254 g/mol. The van der Waals surface area contributed by atoms with Gasteiger partial charge in [-0.1, -0.05) is 24.0 Å². The minimum absolute atomic E-state index is 0.175. The summed E-state index contributed by atoms with van der Waals surface area (Å²) >= 11 is 0. The summed E-state index contributed by atoms with van der Waals surface area (Å²) in [7, 11) is 1.72. The zero-order valence-corrected chi connectivity index (χ0v) is 11.1. The molecule has 1 heterocycles. The second-order valence-electron chi connectivity index (χ2n) is 4.22. The van der Waals surface area contributed by atoms with Crippen molar-refractivity contribution in [2.75, 3.05) is 13.6 Å². The third-order valence-corrected chi connectivity index (χ3v) is 2.69. The lowest BCUT2D eigenvalue weighted by Gasteiger charge is -2.15. The number of H-pyrrole nitrogens is 1. The maximum absolute atomic E-state index is 12.0. The highest BCUT2D eigenvalue weighted by molar-refractivity contribution is 5.91. The van der Waals surface area contributed by atoms with E-state index in [1.54, 1.807) is 11.9 Å². The number of aromatic amines is 1. The Labute approximate surface area is 117 Å². The molecule has 0 saturated heterocycles. The Kier molecular flexibility index (Phi) is 4.47. The topological polar surface area (TPSA) is 87.9 Å². The van der Waals surface area contributed by atoms with Crippen molar-refractivity contribution in [1.82, 2.24) is 20.3 Å². The molecule has 6 heteroatoms. The van der Waals surface area contributed by atoms with Crippen LogP contribution in [-0.4, -0.2) is 39.8 Å². The Morgan fingerprint density at radius 2 is 2.15 bits per heavy atom. The summed E-state index contributed by atoms with van der Waals surface area (Å²) in [6.07, 6.45) is 1.41. The standard InChI is InChI=1S/C14H15N5O/c1-19(14(20)13-9-16-18-17-13)10-12-6-4-11(5-7-12)3-2-8-15/h4-7,9H,8,10,15H2,1H3,(H,16,17,18). The highest BCUT2D eigenvalue weighted by Crippen LogP contribution is 2.08. The predicted molar refractivity (Wildman–Crippen MR) is 74.6 cm³/mol. The molecule has 0 aliphatic carbocycles. The number of amides is 1. The predicted octanol–water partition coefficient (Wildman–Crippen LogP) is 0.387. The molecule has 0 aliphatic heterocycles. The first kappa shape index (κ1) is 13.8. The smallest absolute Gasteiger partial charge is 0.276 e. The molecule has 2 aromatic rings. The molecule has 1 aromatic heterocycles. The summed E-state index contributed by atoms with van der Waals surface area (Å²) in [6, 6.07) is 7.69. The van der Waals surface area contributed by atoms with Crippen LogP contribution in [0.4, 0.5) is 0 Å². The number of carbonyl (C=O) groups is 1. The lowest BCUT2D eigenvalue weighted by atomic mass is 10.1. The Bertz CT molecular complexity index is 622. The number of hydrogen-bond acceptors (Lipinski definition) is 4. The average molecular weight is 269 g/mol. The van der Waals surface area contributed by atoms with E-state index in [1.807, 2.05) is 24.3 Å². The van der Waals surface area contributed by atoms with Gasteiger partial charge in [-0.15, -0.1) is 0 Å². The fourth-order valence-corrected chi connectivity index (χ4v) is 1.69. The molecule has 102 valence electrons. The molecule has 0 bridgehead atoms. The number of benzene rings is 1. The Morgan fingerprint density at radius 1 is 1.40 bits per heavy atom. The van der Waals surface area contributed by atoms with E-state index < -0.39 is 0 Å². The molecule has 0 atom stereocenters. The van der Waals surface area contributed by atoms with Gasteiger partial charge in [0.05, 0.1) is 12.7 Å². The minimum Gasteiger partial charge on any atom is -0.336 e. The van der Waals surface area contributed by atoms with E-state index in [2.05, 4.69) is 27.3 Å². The molecule has 0 unspecified atom stereocenters. The van der Waals surface area contributed by atoms with Crippen molar-refractivity contribution >= 4 is 5.91 Å². The van der Waals surface area contributed by atoms with Gasteiger partial charge in [-0.05, 0) is 17.7 Å². The summed E-state index contributed by atoms with van der Waals surface area (Å²) in [5.74, 6) is 5.57. The fourth-order valence-electron chi connectivity index (χ4n) is 1.69. The first-order valence-corrected chi connectivity index (χ1v) is 6.10. The highest BCUT2D eigenvalue weighted by atomic mass is 16.2. The van der Waals surface area contributed by atoms with Crippen LogP contribution < -0.4 is 5.73 Å². The summed E-state index contributed by atoms with van der Waals surface area (Å²) < 4.78 is 0. The number of nitrogens with two attached hydrogens (primary N) is 1. The SMILES string of the molecule is CN(Cc1ccc(C#CCN)cc1)C(=O)c1cn[nH]n1. The quantitative estimate of drug-likeness (QED) is 0.789. The number of aromatic nitrogens is 3. The second-order valence-corrected chi connectivity index (χ2v) is 4.22. The van der Waals surface area contributed by atoms with Crippen molar-refractivity contribution in [2.24, 2.45) is 5.73 Å². The Balaban J connectivity index is 2.01.